The topological polar surface area (TPSA) is 83.1 Å². The van der Waals surface area contributed by atoms with Gasteiger partial charge in [-0.15, -0.1) is 11.3 Å². The number of nitrogens with one attached hydrogen (secondary N) is 3. The van der Waals surface area contributed by atoms with Crippen molar-refractivity contribution in [2.24, 2.45) is 0 Å². The molecule has 0 radical (unpaired) electrons. The van der Waals surface area contributed by atoms with Crippen molar-refractivity contribution in [2.45, 2.75) is 6.92 Å². The lowest BCUT2D eigenvalue weighted by atomic mass is 10.1. The number of anilines is 3. The molecule has 7 heteroatoms. The number of aromatic nitrogens is 1. The first-order valence-corrected chi connectivity index (χ1v) is 10.3. The SMILES string of the molecule is CNC(=O)c1cnc(Nc2ccc(C)cc2)c(NC(=O)c2csc3ccccc23)c1. The first-order valence-electron chi connectivity index (χ1n) is 9.38. The summed E-state index contributed by atoms with van der Waals surface area (Å²) < 4.78 is 1.04. The van der Waals surface area contributed by atoms with Gasteiger partial charge >= 0.3 is 0 Å². The normalized spacial score (nSPS) is 10.6. The van der Waals surface area contributed by atoms with Gasteiger partial charge in [-0.25, -0.2) is 4.98 Å². The molecular weight excluding hydrogens is 396 g/mol. The predicted molar refractivity (Wildman–Crippen MR) is 122 cm³/mol. The lowest BCUT2D eigenvalue weighted by Crippen LogP contribution is -2.19. The van der Waals surface area contributed by atoms with Crippen molar-refractivity contribution in [1.82, 2.24) is 10.3 Å². The van der Waals surface area contributed by atoms with Crippen molar-refractivity contribution >= 4 is 50.4 Å². The molecule has 6 nitrogen and oxygen atoms in total. The molecule has 2 aromatic carbocycles. The summed E-state index contributed by atoms with van der Waals surface area (Å²) in [4.78, 5) is 29.5. The van der Waals surface area contributed by atoms with E-state index < -0.39 is 0 Å². The maximum Gasteiger partial charge on any atom is 0.257 e. The third-order valence-electron chi connectivity index (χ3n) is 4.67. The van der Waals surface area contributed by atoms with Gasteiger partial charge < -0.3 is 16.0 Å². The molecular formula is C23H20N4O2S. The molecule has 0 atom stereocenters. The zero-order valence-electron chi connectivity index (χ0n) is 16.5. The molecule has 2 amide bonds. The van der Waals surface area contributed by atoms with Crippen LogP contribution in [0.3, 0.4) is 0 Å². The van der Waals surface area contributed by atoms with Gasteiger partial charge in [0, 0.05) is 34.4 Å². The molecule has 2 aromatic heterocycles. The number of fused-ring (bicyclic) bond motifs is 1. The Kier molecular flexibility index (Phi) is 5.45. The van der Waals surface area contributed by atoms with E-state index >= 15 is 0 Å². The van der Waals surface area contributed by atoms with Crippen LogP contribution in [0.4, 0.5) is 17.2 Å². The zero-order valence-corrected chi connectivity index (χ0v) is 17.3. The molecule has 2 heterocycles. The number of pyridine rings is 1. The number of thiophene rings is 1. The molecule has 0 saturated heterocycles. The van der Waals surface area contributed by atoms with Crippen LogP contribution < -0.4 is 16.0 Å². The molecule has 4 aromatic rings. The second kappa shape index (κ2) is 8.34. The fourth-order valence-corrected chi connectivity index (χ4v) is 3.99. The monoisotopic (exact) mass is 416 g/mol. The maximum atomic E-state index is 13.0. The third kappa shape index (κ3) is 4.01. The van der Waals surface area contributed by atoms with Crippen molar-refractivity contribution in [3.8, 4) is 0 Å². The number of carbonyl (C=O) groups is 2. The summed E-state index contributed by atoms with van der Waals surface area (Å²) in [6.07, 6.45) is 1.48. The molecule has 3 N–H and O–H groups in total. The van der Waals surface area contributed by atoms with Crippen LogP contribution in [0.15, 0.2) is 66.2 Å². The second-order valence-corrected chi connectivity index (χ2v) is 7.70. The van der Waals surface area contributed by atoms with Gasteiger partial charge in [-0.1, -0.05) is 35.9 Å². The summed E-state index contributed by atoms with van der Waals surface area (Å²) in [6.45, 7) is 2.01. The van der Waals surface area contributed by atoms with Crippen molar-refractivity contribution in [3.63, 3.8) is 0 Å². The Bertz CT molecular complexity index is 1230. The van der Waals surface area contributed by atoms with E-state index in [9.17, 15) is 9.59 Å². The Morgan fingerprint density at radius 1 is 1.00 bits per heavy atom. The van der Waals surface area contributed by atoms with Crippen LogP contribution in [0.1, 0.15) is 26.3 Å². The average Bonchev–Trinajstić information content (AvgIpc) is 3.20. The maximum absolute atomic E-state index is 13.0. The minimum absolute atomic E-state index is 0.254. The van der Waals surface area contributed by atoms with Crippen LogP contribution in [0.2, 0.25) is 0 Å². The number of carbonyl (C=O) groups excluding carboxylic acids is 2. The van der Waals surface area contributed by atoms with E-state index in [2.05, 4.69) is 20.9 Å². The minimum Gasteiger partial charge on any atom is -0.355 e. The largest absolute Gasteiger partial charge is 0.355 e. The van der Waals surface area contributed by atoms with Gasteiger partial charge in [-0.05, 0) is 31.2 Å². The number of nitrogens with zero attached hydrogens (tertiary/aromatic N) is 1. The number of hydrogen-bond donors (Lipinski definition) is 3. The summed E-state index contributed by atoms with van der Waals surface area (Å²) in [7, 11) is 1.55. The van der Waals surface area contributed by atoms with E-state index in [0.29, 0.717) is 22.6 Å². The van der Waals surface area contributed by atoms with E-state index in [4.69, 9.17) is 0 Å². The van der Waals surface area contributed by atoms with E-state index in [1.807, 2.05) is 60.8 Å². The fourth-order valence-electron chi connectivity index (χ4n) is 3.05. The first kappa shape index (κ1) is 19.6. The predicted octanol–water partition coefficient (Wildman–Crippen LogP) is 4.96. The number of hydrogen-bond acceptors (Lipinski definition) is 5. The molecule has 0 aliphatic heterocycles. The third-order valence-corrected chi connectivity index (χ3v) is 5.63. The zero-order chi connectivity index (χ0) is 21.1. The lowest BCUT2D eigenvalue weighted by molar-refractivity contribution is 0.0961. The van der Waals surface area contributed by atoms with E-state index in [0.717, 1.165) is 21.3 Å². The lowest BCUT2D eigenvalue weighted by Gasteiger charge is -2.14. The molecule has 0 spiro atoms. The Morgan fingerprint density at radius 3 is 2.53 bits per heavy atom. The van der Waals surface area contributed by atoms with Gasteiger partial charge in [0.15, 0.2) is 5.82 Å². The number of amides is 2. The highest BCUT2D eigenvalue weighted by Gasteiger charge is 2.16. The van der Waals surface area contributed by atoms with Crippen LogP contribution in [0.25, 0.3) is 10.1 Å². The standard InChI is InChI=1S/C23H20N4O2S/c1-14-7-9-16(10-8-14)26-21-19(11-15(12-25-21)22(28)24-2)27-23(29)18-13-30-20-6-4-3-5-17(18)20/h3-13H,1-2H3,(H,24,28)(H,25,26)(H,27,29). The molecule has 30 heavy (non-hydrogen) atoms. The van der Waals surface area contributed by atoms with Crippen molar-refractivity contribution in [2.75, 3.05) is 17.7 Å². The molecule has 0 bridgehead atoms. The quantitative estimate of drug-likeness (QED) is 0.429. The van der Waals surface area contributed by atoms with Gasteiger partial charge in [0.25, 0.3) is 11.8 Å². The second-order valence-electron chi connectivity index (χ2n) is 6.79. The van der Waals surface area contributed by atoms with Gasteiger partial charge in [0.05, 0.1) is 16.8 Å². The summed E-state index contributed by atoms with van der Waals surface area (Å²) in [5, 5.41) is 11.4. The van der Waals surface area contributed by atoms with Crippen LogP contribution >= 0.6 is 11.3 Å². The van der Waals surface area contributed by atoms with Gasteiger partial charge in [0.2, 0.25) is 0 Å². The Labute approximate surface area is 178 Å². The molecule has 0 aliphatic rings. The van der Waals surface area contributed by atoms with Gasteiger partial charge in [-0.2, -0.15) is 0 Å². The number of rotatable bonds is 5. The van der Waals surface area contributed by atoms with Crippen molar-refractivity contribution < 1.29 is 9.59 Å². The smallest absolute Gasteiger partial charge is 0.257 e. The highest BCUT2D eigenvalue weighted by atomic mass is 32.1. The Morgan fingerprint density at radius 2 is 1.77 bits per heavy atom. The number of benzene rings is 2. The first-order chi connectivity index (χ1) is 14.5. The molecule has 4 rings (SSSR count). The summed E-state index contributed by atoms with van der Waals surface area (Å²) in [6, 6.07) is 17.2. The highest BCUT2D eigenvalue weighted by molar-refractivity contribution is 7.17. The fraction of sp³-hybridized carbons (Fsp3) is 0.0870. The molecule has 0 saturated carbocycles. The summed E-state index contributed by atoms with van der Waals surface area (Å²) in [5.74, 6) is -0.0736. The number of aryl methyl sites for hydroxylation is 1. The van der Waals surface area contributed by atoms with E-state index in [1.54, 1.807) is 13.1 Å². The van der Waals surface area contributed by atoms with Crippen molar-refractivity contribution in [1.29, 1.82) is 0 Å². The van der Waals surface area contributed by atoms with Crippen molar-refractivity contribution in [3.05, 3.63) is 82.9 Å². The Balaban J connectivity index is 1.69. The summed E-state index contributed by atoms with van der Waals surface area (Å²) in [5.41, 5.74) is 3.34. The van der Waals surface area contributed by atoms with Gasteiger partial charge in [0.1, 0.15) is 0 Å². The molecule has 0 fully saturated rings. The highest BCUT2D eigenvalue weighted by Crippen LogP contribution is 2.29. The summed E-state index contributed by atoms with van der Waals surface area (Å²) >= 11 is 1.52. The minimum atomic E-state index is -0.277. The molecule has 0 aliphatic carbocycles. The molecule has 150 valence electrons. The van der Waals surface area contributed by atoms with Crippen LogP contribution in [0.5, 0.6) is 0 Å². The average molecular weight is 417 g/mol. The molecule has 0 unspecified atom stereocenters. The van der Waals surface area contributed by atoms with Crippen LogP contribution in [0, 0.1) is 6.92 Å². The Hall–Kier alpha value is -3.71. The van der Waals surface area contributed by atoms with E-state index in [1.165, 1.54) is 17.5 Å². The van der Waals surface area contributed by atoms with E-state index in [-0.39, 0.29) is 11.8 Å². The van der Waals surface area contributed by atoms with Gasteiger partial charge in [-0.3, -0.25) is 9.59 Å². The van der Waals surface area contributed by atoms with Crippen LogP contribution in [-0.4, -0.2) is 23.8 Å². The van der Waals surface area contributed by atoms with Crippen LogP contribution in [-0.2, 0) is 0 Å².